The van der Waals surface area contributed by atoms with E-state index in [1.165, 1.54) is 11.8 Å². The Hall–Kier alpha value is -1.69. The third kappa shape index (κ3) is 2.40. The Morgan fingerprint density at radius 2 is 2.21 bits per heavy atom. The molecule has 100 valence electrons. The van der Waals surface area contributed by atoms with Crippen LogP contribution in [0, 0.1) is 0 Å². The lowest BCUT2D eigenvalue weighted by molar-refractivity contribution is -0.119. The van der Waals surface area contributed by atoms with Gasteiger partial charge < -0.3 is 15.5 Å². The van der Waals surface area contributed by atoms with E-state index < -0.39 is 6.04 Å². The molecule has 1 saturated heterocycles. The molecule has 2 aliphatic heterocycles. The number of carbonyl (C=O) groups is 2. The third-order valence-electron chi connectivity index (χ3n) is 3.31. The Morgan fingerprint density at radius 3 is 3.00 bits per heavy atom. The van der Waals surface area contributed by atoms with Crippen molar-refractivity contribution in [1.29, 1.82) is 0 Å². The van der Waals surface area contributed by atoms with Crippen molar-refractivity contribution in [2.24, 2.45) is 0 Å². The Balaban J connectivity index is 1.87. The molecule has 2 heterocycles. The van der Waals surface area contributed by atoms with E-state index in [2.05, 4.69) is 10.6 Å². The van der Waals surface area contributed by atoms with Crippen LogP contribution in [-0.2, 0) is 4.79 Å². The zero-order valence-corrected chi connectivity index (χ0v) is 11.2. The molecule has 5 nitrogen and oxygen atoms in total. The summed E-state index contributed by atoms with van der Waals surface area (Å²) in [6, 6.07) is 7.39. The fourth-order valence-electron chi connectivity index (χ4n) is 2.37. The van der Waals surface area contributed by atoms with Crippen molar-refractivity contribution in [3.63, 3.8) is 0 Å². The average Bonchev–Trinajstić information content (AvgIpc) is 2.74. The minimum absolute atomic E-state index is 0.0190. The second kappa shape index (κ2) is 5.13. The second-order valence-electron chi connectivity index (χ2n) is 4.58. The van der Waals surface area contributed by atoms with Crippen molar-refractivity contribution >= 4 is 34.3 Å². The van der Waals surface area contributed by atoms with Gasteiger partial charge in [-0.2, -0.15) is 0 Å². The highest BCUT2D eigenvalue weighted by Gasteiger charge is 2.33. The number of amides is 2. The largest absolute Gasteiger partial charge is 0.383 e. The monoisotopic (exact) mass is 277 g/mol. The van der Waals surface area contributed by atoms with Gasteiger partial charge in [-0.15, -0.1) is 0 Å². The summed E-state index contributed by atoms with van der Waals surface area (Å²) in [6.45, 7) is 1.53. The predicted octanol–water partition coefficient (Wildman–Crippen LogP) is 1.66. The Bertz CT molecular complexity index is 520. The molecule has 0 saturated carbocycles. The van der Waals surface area contributed by atoms with E-state index in [1.807, 2.05) is 24.3 Å². The molecule has 2 aliphatic rings. The summed E-state index contributed by atoms with van der Waals surface area (Å²) >= 11 is 1.17. The minimum Gasteiger partial charge on any atom is -0.383 e. The summed E-state index contributed by atoms with van der Waals surface area (Å²) in [7, 11) is 0. The van der Waals surface area contributed by atoms with E-state index in [1.54, 1.807) is 4.90 Å². The van der Waals surface area contributed by atoms with Crippen LogP contribution in [0.5, 0.6) is 0 Å². The molecule has 3 rings (SSSR count). The van der Waals surface area contributed by atoms with Gasteiger partial charge in [0.05, 0.1) is 11.4 Å². The molecule has 1 aromatic carbocycles. The maximum Gasteiger partial charge on any atom is 0.279 e. The van der Waals surface area contributed by atoms with Gasteiger partial charge in [-0.3, -0.25) is 9.59 Å². The first-order valence-corrected chi connectivity index (χ1v) is 7.32. The standard InChI is InChI=1S/C13H15N3O2S/c17-12(10-8-19-13(18)15-10)16-7-3-6-14-9-4-1-2-5-11(9)16/h1-2,4-5,10,14H,3,6-8H2,(H,15,18). The van der Waals surface area contributed by atoms with E-state index in [4.69, 9.17) is 0 Å². The summed E-state index contributed by atoms with van der Waals surface area (Å²) in [5.74, 6) is 0.499. The van der Waals surface area contributed by atoms with E-state index in [-0.39, 0.29) is 11.1 Å². The van der Waals surface area contributed by atoms with Crippen molar-refractivity contribution in [2.45, 2.75) is 12.5 Å². The zero-order valence-electron chi connectivity index (χ0n) is 10.4. The second-order valence-corrected chi connectivity index (χ2v) is 5.58. The number of fused-ring (bicyclic) bond motifs is 1. The number of hydrogen-bond acceptors (Lipinski definition) is 4. The molecule has 0 aromatic heterocycles. The molecule has 6 heteroatoms. The van der Waals surface area contributed by atoms with Crippen LogP contribution in [0.1, 0.15) is 6.42 Å². The van der Waals surface area contributed by atoms with E-state index in [9.17, 15) is 9.59 Å². The summed E-state index contributed by atoms with van der Waals surface area (Å²) < 4.78 is 0. The Morgan fingerprint density at radius 1 is 1.37 bits per heavy atom. The number of hydrogen-bond donors (Lipinski definition) is 2. The lowest BCUT2D eigenvalue weighted by atomic mass is 10.2. The molecule has 1 unspecified atom stereocenters. The van der Waals surface area contributed by atoms with E-state index >= 15 is 0 Å². The molecule has 1 atom stereocenters. The maximum atomic E-state index is 12.5. The number of nitrogens with one attached hydrogen (secondary N) is 2. The number of carbonyl (C=O) groups excluding carboxylic acids is 2. The molecular formula is C13H15N3O2S. The highest BCUT2D eigenvalue weighted by atomic mass is 32.2. The van der Waals surface area contributed by atoms with E-state index in [0.717, 1.165) is 24.3 Å². The number of rotatable bonds is 1. The number of nitrogens with zero attached hydrogens (tertiary/aromatic N) is 1. The van der Waals surface area contributed by atoms with Gasteiger partial charge in [0.1, 0.15) is 6.04 Å². The fourth-order valence-corrected chi connectivity index (χ4v) is 3.14. The quantitative estimate of drug-likeness (QED) is 0.819. The molecule has 1 aromatic rings. The molecule has 0 bridgehead atoms. The van der Waals surface area contributed by atoms with Crippen LogP contribution in [0.25, 0.3) is 0 Å². The third-order valence-corrected chi connectivity index (χ3v) is 4.19. The zero-order chi connectivity index (χ0) is 13.2. The van der Waals surface area contributed by atoms with Crippen LogP contribution in [0.3, 0.4) is 0 Å². The molecule has 2 amide bonds. The SMILES string of the molecule is O=C1NC(C(=O)N2CCCNc3ccccc32)CS1. The first-order chi connectivity index (χ1) is 9.25. The molecule has 0 aliphatic carbocycles. The Labute approximate surface area is 115 Å². The summed E-state index contributed by atoms with van der Waals surface area (Å²) in [5, 5.41) is 5.93. The van der Waals surface area contributed by atoms with Gasteiger partial charge in [-0.25, -0.2) is 0 Å². The minimum atomic E-state index is -0.399. The smallest absolute Gasteiger partial charge is 0.279 e. The van der Waals surface area contributed by atoms with Gasteiger partial charge in [-0.1, -0.05) is 23.9 Å². The lowest BCUT2D eigenvalue weighted by Gasteiger charge is -2.25. The average molecular weight is 277 g/mol. The predicted molar refractivity (Wildman–Crippen MR) is 76.7 cm³/mol. The summed E-state index contributed by atoms with van der Waals surface area (Å²) in [5.41, 5.74) is 1.88. The van der Waals surface area contributed by atoms with Crippen molar-refractivity contribution in [2.75, 3.05) is 29.1 Å². The van der Waals surface area contributed by atoms with Gasteiger partial charge in [0.15, 0.2) is 0 Å². The van der Waals surface area contributed by atoms with Gasteiger partial charge in [0.2, 0.25) is 0 Å². The van der Waals surface area contributed by atoms with Crippen molar-refractivity contribution in [3.05, 3.63) is 24.3 Å². The van der Waals surface area contributed by atoms with E-state index in [0.29, 0.717) is 12.3 Å². The summed E-state index contributed by atoms with van der Waals surface area (Å²) in [6.07, 6.45) is 0.897. The maximum absolute atomic E-state index is 12.5. The normalized spacial score (nSPS) is 22.2. The van der Waals surface area contributed by atoms with Crippen LogP contribution < -0.4 is 15.5 Å². The summed E-state index contributed by atoms with van der Waals surface area (Å²) in [4.78, 5) is 25.5. The van der Waals surface area contributed by atoms with Crippen LogP contribution in [0.2, 0.25) is 0 Å². The highest BCUT2D eigenvalue weighted by Crippen LogP contribution is 2.29. The van der Waals surface area contributed by atoms with Gasteiger partial charge in [-0.05, 0) is 18.6 Å². The van der Waals surface area contributed by atoms with Crippen LogP contribution in [0.15, 0.2) is 24.3 Å². The van der Waals surface area contributed by atoms with Crippen LogP contribution in [0.4, 0.5) is 16.2 Å². The van der Waals surface area contributed by atoms with Gasteiger partial charge in [0.25, 0.3) is 11.1 Å². The molecule has 2 N–H and O–H groups in total. The van der Waals surface area contributed by atoms with Crippen LogP contribution in [-0.4, -0.2) is 36.0 Å². The lowest BCUT2D eigenvalue weighted by Crippen LogP contribution is -2.46. The van der Waals surface area contributed by atoms with Gasteiger partial charge >= 0.3 is 0 Å². The molecule has 1 fully saturated rings. The number of benzene rings is 1. The van der Waals surface area contributed by atoms with Crippen molar-refractivity contribution in [1.82, 2.24) is 5.32 Å². The Kier molecular flexibility index (Phi) is 3.33. The topological polar surface area (TPSA) is 61.4 Å². The molecule has 19 heavy (non-hydrogen) atoms. The van der Waals surface area contributed by atoms with Crippen molar-refractivity contribution < 1.29 is 9.59 Å². The first-order valence-electron chi connectivity index (χ1n) is 6.33. The first kappa shape index (κ1) is 12.3. The highest BCUT2D eigenvalue weighted by molar-refractivity contribution is 8.14. The number of para-hydroxylation sites is 2. The van der Waals surface area contributed by atoms with Gasteiger partial charge in [0, 0.05) is 18.8 Å². The molecule has 0 spiro atoms. The fraction of sp³-hybridized carbons (Fsp3) is 0.385. The van der Waals surface area contributed by atoms with Crippen molar-refractivity contribution in [3.8, 4) is 0 Å². The number of thioether (sulfide) groups is 1. The molecular weight excluding hydrogens is 262 g/mol. The number of anilines is 2. The van der Waals surface area contributed by atoms with Crippen LogP contribution >= 0.6 is 11.8 Å². The molecule has 0 radical (unpaired) electrons.